The number of carboxylic acid groups (broad SMARTS) is 1. The molecule has 3 rings (SSSR count). The number of benzene rings is 1. The lowest BCUT2D eigenvalue weighted by Gasteiger charge is -2.35. The Balaban J connectivity index is 1.76. The number of anilines is 1. The molecule has 0 spiro atoms. The number of likely N-dealkylation sites (tertiary alicyclic amines) is 1. The second-order valence-corrected chi connectivity index (χ2v) is 7.61. The monoisotopic (exact) mass is 344 g/mol. The summed E-state index contributed by atoms with van der Waals surface area (Å²) in [5.41, 5.74) is 1.54. The van der Waals surface area contributed by atoms with Crippen LogP contribution >= 0.6 is 0 Å². The van der Waals surface area contributed by atoms with Crippen molar-refractivity contribution < 1.29 is 14.7 Å². The van der Waals surface area contributed by atoms with E-state index in [0.29, 0.717) is 31.1 Å². The molecule has 2 unspecified atom stereocenters. The Kier molecular flexibility index (Phi) is 5.61. The molecule has 2 aliphatic rings. The lowest BCUT2D eigenvalue weighted by molar-refractivity contribution is -0.143. The number of nitrogens with one attached hydrogen (secondary N) is 1. The van der Waals surface area contributed by atoms with Gasteiger partial charge in [0.25, 0.3) is 5.91 Å². The quantitative estimate of drug-likeness (QED) is 0.875. The van der Waals surface area contributed by atoms with Crippen molar-refractivity contribution in [1.29, 1.82) is 0 Å². The largest absolute Gasteiger partial charge is 0.481 e. The topological polar surface area (TPSA) is 69.6 Å². The molecule has 2 fully saturated rings. The minimum atomic E-state index is -0.807. The van der Waals surface area contributed by atoms with Crippen molar-refractivity contribution in [3.05, 3.63) is 29.8 Å². The van der Waals surface area contributed by atoms with E-state index in [-0.39, 0.29) is 11.8 Å². The molecule has 1 heterocycles. The normalized spacial score (nSPS) is 24.8. The van der Waals surface area contributed by atoms with Crippen molar-refractivity contribution in [2.24, 2.45) is 11.8 Å². The zero-order valence-corrected chi connectivity index (χ0v) is 14.9. The molecule has 0 aromatic heterocycles. The molecular formula is C20H28N2O3. The predicted molar refractivity (Wildman–Crippen MR) is 97.7 cm³/mol. The Morgan fingerprint density at radius 2 is 1.84 bits per heavy atom. The first kappa shape index (κ1) is 17.8. The molecular weight excluding hydrogens is 316 g/mol. The van der Waals surface area contributed by atoms with Gasteiger partial charge in [0, 0.05) is 24.8 Å². The fourth-order valence-corrected chi connectivity index (χ4v) is 4.13. The number of carbonyl (C=O) groups excluding carboxylic acids is 1. The summed E-state index contributed by atoms with van der Waals surface area (Å²) in [6, 6.07) is 8.06. The molecule has 5 nitrogen and oxygen atoms in total. The Bertz CT molecular complexity index is 625. The van der Waals surface area contributed by atoms with E-state index in [0.717, 1.165) is 18.5 Å². The van der Waals surface area contributed by atoms with Crippen LogP contribution < -0.4 is 5.32 Å². The number of piperidine rings is 1. The Morgan fingerprint density at radius 1 is 1.12 bits per heavy atom. The number of amides is 1. The third kappa shape index (κ3) is 4.33. The average Bonchev–Trinajstić information content (AvgIpc) is 2.62. The van der Waals surface area contributed by atoms with Crippen LogP contribution in [0.1, 0.15) is 55.8 Å². The third-order valence-corrected chi connectivity index (χ3v) is 5.42. The summed E-state index contributed by atoms with van der Waals surface area (Å²) in [6.45, 7) is 2.94. The first-order valence-corrected chi connectivity index (χ1v) is 9.42. The van der Waals surface area contributed by atoms with Gasteiger partial charge in [0.1, 0.15) is 0 Å². The summed E-state index contributed by atoms with van der Waals surface area (Å²) in [5.74, 6) is -1.13. The maximum Gasteiger partial charge on any atom is 0.308 e. The first-order chi connectivity index (χ1) is 12.0. The fraction of sp³-hybridized carbons (Fsp3) is 0.600. The van der Waals surface area contributed by atoms with E-state index in [4.69, 9.17) is 0 Å². The summed E-state index contributed by atoms with van der Waals surface area (Å²) in [6.07, 6.45) is 6.69. The number of hydrogen-bond donors (Lipinski definition) is 2. The molecule has 1 aromatic carbocycles. The molecule has 25 heavy (non-hydrogen) atoms. The van der Waals surface area contributed by atoms with E-state index in [1.807, 2.05) is 31.2 Å². The van der Waals surface area contributed by atoms with Gasteiger partial charge in [-0.3, -0.25) is 9.59 Å². The van der Waals surface area contributed by atoms with Gasteiger partial charge in [-0.25, -0.2) is 0 Å². The van der Waals surface area contributed by atoms with E-state index in [1.54, 1.807) is 4.90 Å². The number of hydrogen-bond acceptors (Lipinski definition) is 3. The molecule has 1 saturated carbocycles. The second kappa shape index (κ2) is 7.89. The van der Waals surface area contributed by atoms with Crippen LogP contribution in [0.5, 0.6) is 0 Å². The molecule has 1 saturated heterocycles. The number of carbonyl (C=O) groups is 2. The number of rotatable bonds is 4. The van der Waals surface area contributed by atoms with Crippen LogP contribution in [0.2, 0.25) is 0 Å². The van der Waals surface area contributed by atoms with Crippen molar-refractivity contribution in [2.75, 3.05) is 18.4 Å². The van der Waals surface area contributed by atoms with Crippen molar-refractivity contribution in [3.63, 3.8) is 0 Å². The summed E-state index contributed by atoms with van der Waals surface area (Å²) >= 11 is 0. The molecule has 5 heteroatoms. The SMILES string of the molecule is CC1CC(C(=O)O)CN(C(=O)c2ccccc2NC2CCCCC2)C1. The van der Waals surface area contributed by atoms with Gasteiger partial charge in [0.15, 0.2) is 0 Å². The van der Waals surface area contributed by atoms with Gasteiger partial charge in [-0.15, -0.1) is 0 Å². The van der Waals surface area contributed by atoms with Crippen molar-refractivity contribution in [1.82, 2.24) is 4.90 Å². The highest BCUT2D eigenvalue weighted by Crippen LogP contribution is 2.27. The molecule has 2 atom stereocenters. The first-order valence-electron chi connectivity index (χ1n) is 9.42. The number of carboxylic acids is 1. The Hall–Kier alpha value is -2.04. The van der Waals surface area contributed by atoms with Crippen LogP contribution in [0.3, 0.4) is 0 Å². The van der Waals surface area contributed by atoms with Gasteiger partial charge in [-0.1, -0.05) is 38.3 Å². The molecule has 1 aliphatic carbocycles. The second-order valence-electron chi connectivity index (χ2n) is 7.61. The van der Waals surface area contributed by atoms with Gasteiger partial charge in [0.05, 0.1) is 11.5 Å². The van der Waals surface area contributed by atoms with Crippen molar-refractivity contribution in [3.8, 4) is 0 Å². The van der Waals surface area contributed by atoms with Crippen LogP contribution in [0.15, 0.2) is 24.3 Å². The Labute approximate surface area is 149 Å². The number of para-hydroxylation sites is 1. The minimum absolute atomic E-state index is 0.0586. The van der Waals surface area contributed by atoms with E-state index in [1.165, 1.54) is 19.3 Å². The highest BCUT2D eigenvalue weighted by molar-refractivity contribution is 6.00. The van der Waals surface area contributed by atoms with Crippen LogP contribution in [0.25, 0.3) is 0 Å². The molecule has 2 N–H and O–H groups in total. The van der Waals surface area contributed by atoms with Crippen LogP contribution in [0.4, 0.5) is 5.69 Å². The van der Waals surface area contributed by atoms with Crippen LogP contribution in [-0.2, 0) is 4.79 Å². The number of nitrogens with zero attached hydrogens (tertiary/aromatic N) is 1. The lowest BCUT2D eigenvalue weighted by Crippen LogP contribution is -2.45. The van der Waals surface area contributed by atoms with Gasteiger partial charge in [0.2, 0.25) is 0 Å². The van der Waals surface area contributed by atoms with Gasteiger partial charge in [-0.05, 0) is 37.3 Å². The molecule has 136 valence electrons. The Morgan fingerprint density at radius 3 is 2.56 bits per heavy atom. The summed E-state index contributed by atoms with van der Waals surface area (Å²) in [4.78, 5) is 26.2. The van der Waals surface area contributed by atoms with Crippen LogP contribution in [0, 0.1) is 11.8 Å². The smallest absolute Gasteiger partial charge is 0.308 e. The molecule has 0 radical (unpaired) electrons. The van der Waals surface area contributed by atoms with Crippen molar-refractivity contribution in [2.45, 2.75) is 51.5 Å². The van der Waals surface area contributed by atoms with E-state index in [2.05, 4.69) is 5.32 Å². The van der Waals surface area contributed by atoms with E-state index in [9.17, 15) is 14.7 Å². The van der Waals surface area contributed by atoms with Crippen LogP contribution in [-0.4, -0.2) is 41.0 Å². The standard InChI is InChI=1S/C20H28N2O3/c1-14-11-15(20(24)25)13-22(12-14)19(23)17-9-5-6-10-18(17)21-16-7-3-2-4-8-16/h5-6,9-10,14-16,21H,2-4,7-8,11-13H2,1H3,(H,24,25). The van der Waals surface area contributed by atoms with Gasteiger partial charge in [-0.2, -0.15) is 0 Å². The van der Waals surface area contributed by atoms with Gasteiger partial charge >= 0.3 is 5.97 Å². The maximum atomic E-state index is 13.1. The highest BCUT2D eigenvalue weighted by atomic mass is 16.4. The minimum Gasteiger partial charge on any atom is -0.481 e. The maximum absolute atomic E-state index is 13.1. The summed E-state index contributed by atoms with van der Waals surface area (Å²) in [5, 5.41) is 12.9. The van der Waals surface area contributed by atoms with E-state index < -0.39 is 11.9 Å². The summed E-state index contributed by atoms with van der Waals surface area (Å²) < 4.78 is 0. The van der Waals surface area contributed by atoms with Crippen molar-refractivity contribution >= 4 is 17.6 Å². The predicted octanol–water partition coefficient (Wildman–Crippen LogP) is 3.61. The summed E-state index contributed by atoms with van der Waals surface area (Å²) in [7, 11) is 0. The van der Waals surface area contributed by atoms with Gasteiger partial charge < -0.3 is 15.3 Å². The fourth-order valence-electron chi connectivity index (χ4n) is 4.13. The molecule has 1 aliphatic heterocycles. The average molecular weight is 344 g/mol. The zero-order valence-electron chi connectivity index (χ0n) is 14.9. The highest BCUT2D eigenvalue weighted by Gasteiger charge is 2.33. The van der Waals surface area contributed by atoms with E-state index >= 15 is 0 Å². The lowest BCUT2D eigenvalue weighted by atomic mass is 9.90. The zero-order chi connectivity index (χ0) is 17.8. The molecule has 1 amide bonds. The molecule has 0 bridgehead atoms. The third-order valence-electron chi connectivity index (χ3n) is 5.42. The molecule has 1 aromatic rings. The number of aliphatic carboxylic acids is 1.